The minimum absolute atomic E-state index is 0.161. The molecule has 62 valence electrons. The first-order chi connectivity index (χ1) is 5.88. The van der Waals surface area contributed by atoms with E-state index in [-0.39, 0.29) is 5.91 Å². The van der Waals surface area contributed by atoms with Gasteiger partial charge < -0.3 is 0 Å². The van der Waals surface area contributed by atoms with E-state index in [0.717, 1.165) is 13.0 Å². The molecular weight excluding hydrogens is 154 g/mol. The first-order valence-electron chi connectivity index (χ1n) is 3.94. The summed E-state index contributed by atoms with van der Waals surface area (Å²) in [6.45, 7) is 0.788. The van der Waals surface area contributed by atoms with E-state index in [1.807, 2.05) is 0 Å². The van der Waals surface area contributed by atoms with Gasteiger partial charge in [0.2, 0.25) is 5.91 Å². The molecule has 1 fully saturated rings. The number of hydrogen-bond donors (Lipinski definition) is 0. The Bertz CT molecular complexity index is 286. The molecule has 0 N–H and O–H groups in total. The molecule has 1 aromatic heterocycles. The quantitative estimate of drug-likeness (QED) is 0.609. The second-order valence-electron chi connectivity index (χ2n) is 2.72. The molecule has 1 aliphatic rings. The molecule has 4 heteroatoms. The molecule has 4 nitrogen and oxygen atoms in total. The van der Waals surface area contributed by atoms with Crippen molar-refractivity contribution in [1.82, 2.24) is 9.97 Å². The predicted molar refractivity (Wildman–Crippen MR) is 43.6 cm³/mol. The number of carbonyl (C=O) groups is 1. The van der Waals surface area contributed by atoms with Gasteiger partial charge in [-0.05, 0) is 12.5 Å². The number of anilines is 1. The third-order valence-corrected chi connectivity index (χ3v) is 1.92. The SMILES string of the molecule is O=C1CCCN1c1ccncn1. The van der Waals surface area contributed by atoms with Gasteiger partial charge in [0.15, 0.2) is 0 Å². The van der Waals surface area contributed by atoms with E-state index in [0.29, 0.717) is 12.2 Å². The molecule has 1 aliphatic heterocycles. The number of rotatable bonds is 1. The van der Waals surface area contributed by atoms with Crippen molar-refractivity contribution < 1.29 is 4.79 Å². The fraction of sp³-hybridized carbons (Fsp3) is 0.375. The summed E-state index contributed by atoms with van der Waals surface area (Å²) in [4.78, 5) is 20.7. The van der Waals surface area contributed by atoms with Gasteiger partial charge in [0.25, 0.3) is 0 Å². The van der Waals surface area contributed by atoms with Crippen LogP contribution in [0.1, 0.15) is 12.8 Å². The van der Waals surface area contributed by atoms with Crippen LogP contribution in [-0.4, -0.2) is 22.4 Å². The lowest BCUT2D eigenvalue weighted by atomic mass is 10.4. The molecule has 1 saturated heterocycles. The summed E-state index contributed by atoms with van der Waals surface area (Å²) in [5, 5.41) is 0. The zero-order chi connectivity index (χ0) is 8.39. The average molecular weight is 163 g/mol. The van der Waals surface area contributed by atoms with E-state index < -0.39 is 0 Å². The Balaban J connectivity index is 2.25. The van der Waals surface area contributed by atoms with E-state index in [1.54, 1.807) is 17.2 Å². The molecule has 0 saturated carbocycles. The van der Waals surface area contributed by atoms with Crippen LogP contribution in [-0.2, 0) is 4.79 Å². The minimum atomic E-state index is 0.161. The van der Waals surface area contributed by atoms with Crippen molar-refractivity contribution in [2.75, 3.05) is 11.4 Å². The van der Waals surface area contributed by atoms with Crippen molar-refractivity contribution in [3.8, 4) is 0 Å². The Labute approximate surface area is 70.2 Å². The maximum Gasteiger partial charge on any atom is 0.228 e. The van der Waals surface area contributed by atoms with Crippen molar-refractivity contribution in [1.29, 1.82) is 0 Å². The summed E-state index contributed by atoms with van der Waals surface area (Å²) in [7, 11) is 0. The first-order valence-corrected chi connectivity index (χ1v) is 3.94. The lowest BCUT2D eigenvalue weighted by Gasteiger charge is -2.12. The summed E-state index contributed by atoms with van der Waals surface area (Å²) >= 11 is 0. The number of hydrogen-bond acceptors (Lipinski definition) is 3. The monoisotopic (exact) mass is 163 g/mol. The van der Waals surface area contributed by atoms with Gasteiger partial charge >= 0.3 is 0 Å². The van der Waals surface area contributed by atoms with E-state index in [9.17, 15) is 4.79 Å². The van der Waals surface area contributed by atoms with Gasteiger partial charge in [0.05, 0.1) is 0 Å². The number of amides is 1. The Morgan fingerprint density at radius 2 is 2.42 bits per heavy atom. The maximum absolute atomic E-state index is 11.2. The van der Waals surface area contributed by atoms with Crippen molar-refractivity contribution in [2.24, 2.45) is 0 Å². The standard InChI is InChI=1S/C8H9N3O/c12-8-2-1-5-11(8)7-3-4-9-6-10-7/h3-4,6H,1-2,5H2. The maximum atomic E-state index is 11.2. The van der Waals surface area contributed by atoms with Crippen LogP contribution in [0.2, 0.25) is 0 Å². The zero-order valence-corrected chi connectivity index (χ0v) is 6.60. The van der Waals surface area contributed by atoms with Gasteiger partial charge in [-0.25, -0.2) is 9.97 Å². The predicted octanol–water partition coefficient (Wildman–Crippen LogP) is 0.603. The van der Waals surface area contributed by atoms with E-state index in [1.165, 1.54) is 6.33 Å². The molecule has 0 unspecified atom stereocenters. The fourth-order valence-electron chi connectivity index (χ4n) is 1.33. The average Bonchev–Trinajstić information content (AvgIpc) is 2.53. The summed E-state index contributed by atoms with van der Waals surface area (Å²) < 4.78 is 0. The zero-order valence-electron chi connectivity index (χ0n) is 6.60. The highest BCUT2D eigenvalue weighted by Gasteiger charge is 2.21. The highest BCUT2D eigenvalue weighted by molar-refractivity contribution is 5.94. The van der Waals surface area contributed by atoms with Crippen LogP contribution >= 0.6 is 0 Å². The van der Waals surface area contributed by atoms with Crippen LogP contribution in [0.5, 0.6) is 0 Å². The molecule has 0 spiro atoms. The highest BCUT2D eigenvalue weighted by Crippen LogP contribution is 2.16. The van der Waals surface area contributed by atoms with Gasteiger partial charge in [-0.3, -0.25) is 9.69 Å². The number of carbonyl (C=O) groups excluding carboxylic acids is 1. The van der Waals surface area contributed by atoms with E-state index in [2.05, 4.69) is 9.97 Å². The smallest absolute Gasteiger partial charge is 0.228 e. The molecule has 0 aliphatic carbocycles. The molecule has 2 rings (SSSR count). The summed E-state index contributed by atoms with van der Waals surface area (Å²) in [6.07, 6.45) is 4.68. The molecule has 0 radical (unpaired) electrons. The summed E-state index contributed by atoms with van der Waals surface area (Å²) in [5.41, 5.74) is 0. The van der Waals surface area contributed by atoms with Crippen molar-refractivity contribution >= 4 is 11.7 Å². The van der Waals surface area contributed by atoms with Crippen LogP contribution < -0.4 is 4.90 Å². The van der Waals surface area contributed by atoms with Crippen molar-refractivity contribution in [3.05, 3.63) is 18.6 Å². The molecule has 0 aromatic carbocycles. The fourth-order valence-corrected chi connectivity index (χ4v) is 1.33. The minimum Gasteiger partial charge on any atom is -0.297 e. The summed E-state index contributed by atoms with van der Waals surface area (Å²) in [5.74, 6) is 0.876. The third kappa shape index (κ3) is 1.15. The second kappa shape index (κ2) is 2.89. The lowest BCUT2D eigenvalue weighted by Crippen LogP contribution is -2.24. The normalized spacial score (nSPS) is 17.0. The van der Waals surface area contributed by atoms with Crippen LogP contribution in [0.25, 0.3) is 0 Å². The molecule has 2 heterocycles. The van der Waals surface area contributed by atoms with Crippen molar-refractivity contribution in [2.45, 2.75) is 12.8 Å². The third-order valence-electron chi connectivity index (χ3n) is 1.92. The van der Waals surface area contributed by atoms with Crippen LogP contribution in [0.15, 0.2) is 18.6 Å². The molecule has 0 bridgehead atoms. The van der Waals surface area contributed by atoms with Crippen molar-refractivity contribution in [3.63, 3.8) is 0 Å². The molecule has 1 amide bonds. The van der Waals surface area contributed by atoms with Crippen LogP contribution in [0.4, 0.5) is 5.82 Å². The van der Waals surface area contributed by atoms with Gasteiger partial charge in [0.1, 0.15) is 12.1 Å². The van der Waals surface area contributed by atoms with Gasteiger partial charge in [0, 0.05) is 19.2 Å². The summed E-state index contributed by atoms with van der Waals surface area (Å²) in [6, 6.07) is 1.75. The highest BCUT2D eigenvalue weighted by atomic mass is 16.2. The van der Waals surface area contributed by atoms with Gasteiger partial charge in [-0.15, -0.1) is 0 Å². The number of nitrogens with zero attached hydrogens (tertiary/aromatic N) is 3. The largest absolute Gasteiger partial charge is 0.297 e. The Kier molecular flexibility index (Phi) is 1.74. The molecular formula is C8H9N3O. The first kappa shape index (κ1) is 7.21. The molecule has 0 atom stereocenters. The lowest BCUT2D eigenvalue weighted by molar-refractivity contribution is -0.117. The second-order valence-corrected chi connectivity index (χ2v) is 2.72. The van der Waals surface area contributed by atoms with E-state index >= 15 is 0 Å². The van der Waals surface area contributed by atoms with Crippen LogP contribution in [0.3, 0.4) is 0 Å². The van der Waals surface area contributed by atoms with Crippen LogP contribution in [0, 0.1) is 0 Å². The van der Waals surface area contributed by atoms with Gasteiger partial charge in [-0.2, -0.15) is 0 Å². The number of aromatic nitrogens is 2. The molecule has 12 heavy (non-hydrogen) atoms. The Morgan fingerprint density at radius 1 is 1.50 bits per heavy atom. The Morgan fingerprint density at radius 3 is 3.00 bits per heavy atom. The topological polar surface area (TPSA) is 46.1 Å². The Hall–Kier alpha value is -1.45. The van der Waals surface area contributed by atoms with Gasteiger partial charge in [-0.1, -0.05) is 0 Å². The molecule has 1 aromatic rings. The van der Waals surface area contributed by atoms with E-state index in [4.69, 9.17) is 0 Å².